The van der Waals surface area contributed by atoms with Crippen molar-refractivity contribution in [3.05, 3.63) is 25.3 Å². The standard InChI is InChI=1S/C27H41BrN2O6/c1-6-9-10-12-29(11-7-2)25(33)23-27-15-19(28)22(36-27)20(26(34)35-13-8-3)21(27)24(32)30(23)18(16-31)14-17(4)5/h7-8,17-23,31H,2-3,6,9-16H2,1,4-5H3/t18-,19?,20-,21+,22-,23?,27?/m1/s1. The van der Waals surface area contributed by atoms with Crippen molar-refractivity contribution in [3.63, 3.8) is 0 Å². The number of halogens is 1. The number of unbranched alkanes of at least 4 members (excludes halogenated alkanes) is 2. The molecule has 9 heteroatoms. The summed E-state index contributed by atoms with van der Waals surface area (Å²) in [6.07, 6.45) is 6.38. The van der Waals surface area contributed by atoms with E-state index in [1.807, 2.05) is 13.8 Å². The number of carbonyl (C=O) groups excluding carboxylic acids is 3. The van der Waals surface area contributed by atoms with Crippen LogP contribution < -0.4 is 0 Å². The number of amides is 2. The Labute approximate surface area is 223 Å². The Hall–Kier alpha value is -1.71. The Balaban J connectivity index is 2.07. The number of nitrogens with zero attached hydrogens (tertiary/aromatic N) is 2. The molecule has 2 bridgehead atoms. The summed E-state index contributed by atoms with van der Waals surface area (Å²) in [5.74, 6) is -2.54. The molecule has 2 amide bonds. The molecule has 0 aromatic heterocycles. The fourth-order valence-corrected chi connectivity index (χ4v) is 7.18. The monoisotopic (exact) mass is 568 g/mol. The highest BCUT2D eigenvalue weighted by Crippen LogP contribution is 2.60. The summed E-state index contributed by atoms with van der Waals surface area (Å²) in [7, 11) is 0. The van der Waals surface area contributed by atoms with Crippen LogP contribution in [0.15, 0.2) is 25.3 Å². The number of hydrogen-bond acceptors (Lipinski definition) is 6. The molecule has 1 N–H and O–H groups in total. The highest BCUT2D eigenvalue weighted by atomic mass is 79.9. The summed E-state index contributed by atoms with van der Waals surface area (Å²) in [4.78, 5) is 44.6. The van der Waals surface area contributed by atoms with Crippen LogP contribution in [-0.4, -0.2) is 87.6 Å². The largest absolute Gasteiger partial charge is 0.461 e. The topological polar surface area (TPSA) is 96.4 Å². The zero-order chi connectivity index (χ0) is 26.6. The predicted molar refractivity (Wildman–Crippen MR) is 140 cm³/mol. The van der Waals surface area contributed by atoms with Crippen LogP contribution in [0.1, 0.15) is 52.9 Å². The summed E-state index contributed by atoms with van der Waals surface area (Å²) >= 11 is 3.66. The molecule has 3 heterocycles. The molecule has 1 spiro atoms. The second-order valence-electron chi connectivity index (χ2n) is 10.6. The molecule has 8 nitrogen and oxygen atoms in total. The van der Waals surface area contributed by atoms with Gasteiger partial charge >= 0.3 is 5.97 Å². The van der Waals surface area contributed by atoms with E-state index in [-0.39, 0.29) is 35.8 Å². The smallest absolute Gasteiger partial charge is 0.312 e. The highest BCUT2D eigenvalue weighted by molar-refractivity contribution is 9.09. The molecule has 3 fully saturated rings. The number of esters is 1. The van der Waals surface area contributed by atoms with Crippen LogP contribution in [0.3, 0.4) is 0 Å². The molecule has 3 aliphatic heterocycles. The Kier molecular flexibility index (Phi) is 9.80. The number of fused-ring (bicyclic) bond motifs is 1. The minimum absolute atomic E-state index is 0.0339. The maximum Gasteiger partial charge on any atom is 0.312 e. The summed E-state index contributed by atoms with van der Waals surface area (Å²) < 4.78 is 11.9. The lowest BCUT2D eigenvalue weighted by Gasteiger charge is -2.39. The molecule has 7 atom stereocenters. The number of carbonyl (C=O) groups is 3. The number of alkyl halides is 1. The van der Waals surface area contributed by atoms with Crippen LogP contribution >= 0.6 is 15.9 Å². The van der Waals surface area contributed by atoms with Crippen molar-refractivity contribution in [1.82, 2.24) is 9.80 Å². The number of rotatable bonds is 14. The molecule has 3 rings (SSSR count). The summed E-state index contributed by atoms with van der Waals surface area (Å²) in [6.45, 7) is 14.2. The zero-order valence-electron chi connectivity index (χ0n) is 21.7. The van der Waals surface area contributed by atoms with Crippen LogP contribution in [0.5, 0.6) is 0 Å². The molecular weight excluding hydrogens is 528 g/mol. The first-order valence-corrected chi connectivity index (χ1v) is 14.0. The van der Waals surface area contributed by atoms with Gasteiger partial charge in [0.05, 0.1) is 30.6 Å². The number of aliphatic hydroxyl groups is 1. The molecule has 0 saturated carbocycles. The SMILES string of the molecule is C=CCOC(=O)[C@H]1[C@@H]2OC3(CC2Br)C(C(=O)N(CC=C)CCCCC)N([C@@H](CO)CC(C)C)C(=O)[C@H]13. The lowest BCUT2D eigenvalue weighted by Crippen LogP contribution is -2.59. The molecule has 36 heavy (non-hydrogen) atoms. The van der Waals surface area contributed by atoms with Gasteiger partial charge in [-0.05, 0) is 25.2 Å². The average Bonchev–Trinajstić information content (AvgIpc) is 3.43. The first-order valence-electron chi connectivity index (χ1n) is 13.1. The third-order valence-corrected chi connectivity index (χ3v) is 8.46. The van der Waals surface area contributed by atoms with Gasteiger partial charge in [-0.15, -0.1) is 6.58 Å². The highest BCUT2D eigenvalue weighted by Gasteiger charge is 2.77. The van der Waals surface area contributed by atoms with Gasteiger partial charge in [0, 0.05) is 17.9 Å². The van der Waals surface area contributed by atoms with E-state index >= 15 is 0 Å². The molecule has 0 radical (unpaired) electrons. The molecular formula is C27H41BrN2O6. The van der Waals surface area contributed by atoms with Crippen molar-refractivity contribution in [2.45, 2.75) is 81.5 Å². The van der Waals surface area contributed by atoms with Gasteiger partial charge in [0.25, 0.3) is 0 Å². The van der Waals surface area contributed by atoms with Crippen LogP contribution in [0, 0.1) is 17.8 Å². The number of hydrogen-bond donors (Lipinski definition) is 1. The van der Waals surface area contributed by atoms with Crippen molar-refractivity contribution < 1.29 is 29.0 Å². The van der Waals surface area contributed by atoms with Gasteiger partial charge in [-0.2, -0.15) is 0 Å². The van der Waals surface area contributed by atoms with Crippen LogP contribution in [0.2, 0.25) is 0 Å². The van der Waals surface area contributed by atoms with E-state index in [9.17, 15) is 19.5 Å². The predicted octanol–water partition coefficient (Wildman–Crippen LogP) is 3.08. The molecule has 0 aromatic carbocycles. The number of ether oxygens (including phenoxy) is 2. The van der Waals surface area contributed by atoms with Gasteiger partial charge in [0.15, 0.2) is 0 Å². The van der Waals surface area contributed by atoms with Gasteiger partial charge in [0.1, 0.15) is 18.2 Å². The van der Waals surface area contributed by atoms with Crippen LogP contribution in [-0.2, 0) is 23.9 Å². The van der Waals surface area contributed by atoms with E-state index in [0.29, 0.717) is 25.9 Å². The first-order chi connectivity index (χ1) is 17.2. The molecule has 0 aliphatic carbocycles. The van der Waals surface area contributed by atoms with Gasteiger partial charge in [-0.25, -0.2) is 0 Å². The van der Waals surface area contributed by atoms with Crippen molar-refractivity contribution in [3.8, 4) is 0 Å². The van der Waals surface area contributed by atoms with Gasteiger partial charge in [0.2, 0.25) is 11.8 Å². The molecule has 0 aromatic rings. The number of aliphatic hydroxyl groups excluding tert-OH is 1. The number of likely N-dealkylation sites (tertiary alicyclic amines) is 1. The second-order valence-corrected chi connectivity index (χ2v) is 11.7. The summed E-state index contributed by atoms with van der Waals surface area (Å²) in [5.41, 5.74) is -1.17. The van der Waals surface area contributed by atoms with E-state index in [1.54, 1.807) is 11.0 Å². The zero-order valence-corrected chi connectivity index (χ0v) is 23.3. The fourth-order valence-electron chi connectivity index (χ4n) is 6.24. The van der Waals surface area contributed by atoms with E-state index in [2.05, 4.69) is 36.0 Å². The fraction of sp³-hybridized carbons (Fsp3) is 0.741. The third-order valence-electron chi connectivity index (χ3n) is 7.62. The van der Waals surface area contributed by atoms with E-state index in [4.69, 9.17) is 9.47 Å². The Bertz CT molecular complexity index is 850. The van der Waals surface area contributed by atoms with E-state index < -0.39 is 41.6 Å². The molecule has 3 saturated heterocycles. The molecule has 3 unspecified atom stereocenters. The maximum atomic E-state index is 14.3. The normalized spacial score (nSPS) is 31.4. The van der Waals surface area contributed by atoms with Gasteiger partial charge in [-0.1, -0.05) is 68.3 Å². The summed E-state index contributed by atoms with van der Waals surface area (Å²) in [6, 6.07) is -1.50. The molecule has 3 aliphatic rings. The van der Waals surface area contributed by atoms with E-state index in [0.717, 1.165) is 19.3 Å². The Morgan fingerprint density at radius 1 is 1.33 bits per heavy atom. The van der Waals surface area contributed by atoms with Crippen molar-refractivity contribution in [2.24, 2.45) is 17.8 Å². The lowest BCUT2D eigenvalue weighted by molar-refractivity contribution is -0.156. The quantitative estimate of drug-likeness (QED) is 0.150. The van der Waals surface area contributed by atoms with Crippen molar-refractivity contribution in [1.29, 1.82) is 0 Å². The minimum Gasteiger partial charge on any atom is -0.461 e. The minimum atomic E-state index is -1.17. The first kappa shape index (κ1) is 28.9. The van der Waals surface area contributed by atoms with Crippen molar-refractivity contribution in [2.75, 3.05) is 26.3 Å². The van der Waals surface area contributed by atoms with Gasteiger partial charge in [-0.3, -0.25) is 14.4 Å². The van der Waals surface area contributed by atoms with Crippen molar-refractivity contribution >= 4 is 33.7 Å². The average molecular weight is 570 g/mol. The Morgan fingerprint density at radius 3 is 2.64 bits per heavy atom. The summed E-state index contributed by atoms with van der Waals surface area (Å²) in [5, 5.41) is 10.4. The van der Waals surface area contributed by atoms with Crippen LogP contribution in [0.4, 0.5) is 0 Å². The maximum absolute atomic E-state index is 14.3. The second kappa shape index (κ2) is 12.2. The Morgan fingerprint density at radius 2 is 2.06 bits per heavy atom. The van der Waals surface area contributed by atoms with E-state index in [1.165, 1.54) is 11.0 Å². The van der Waals surface area contributed by atoms with Crippen LogP contribution in [0.25, 0.3) is 0 Å². The third kappa shape index (κ3) is 5.16. The molecule has 202 valence electrons. The van der Waals surface area contributed by atoms with Gasteiger partial charge < -0.3 is 24.4 Å². The lowest BCUT2D eigenvalue weighted by atomic mass is 9.70.